The lowest BCUT2D eigenvalue weighted by Gasteiger charge is -2.00. The highest BCUT2D eigenvalue weighted by molar-refractivity contribution is 5.45. The van der Waals surface area contributed by atoms with Gasteiger partial charge in [0.15, 0.2) is 5.69 Å². The van der Waals surface area contributed by atoms with Crippen molar-refractivity contribution in [2.45, 2.75) is 19.9 Å². The van der Waals surface area contributed by atoms with Crippen molar-refractivity contribution in [2.24, 2.45) is 7.05 Å². The molecule has 0 atom stereocenters. The van der Waals surface area contributed by atoms with E-state index in [1.54, 1.807) is 0 Å². The third-order valence-corrected chi connectivity index (χ3v) is 2.43. The molecule has 0 aliphatic rings. The van der Waals surface area contributed by atoms with E-state index in [1.807, 2.05) is 24.4 Å². The van der Waals surface area contributed by atoms with Gasteiger partial charge < -0.3 is 0 Å². The maximum absolute atomic E-state index is 4.38. The van der Waals surface area contributed by atoms with E-state index in [2.05, 4.69) is 40.5 Å². The summed E-state index contributed by atoms with van der Waals surface area (Å²) in [7, 11) is 2.05. The van der Waals surface area contributed by atoms with Crippen LogP contribution in [0.2, 0.25) is 0 Å². The Morgan fingerprint density at radius 1 is 1.40 bits per heavy atom. The van der Waals surface area contributed by atoms with Crippen LogP contribution in [0.15, 0.2) is 36.8 Å². The molecule has 0 saturated heterocycles. The van der Waals surface area contributed by atoms with Crippen LogP contribution in [0.1, 0.15) is 13.3 Å². The highest BCUT2D eigenvalue weighted by Crippen LogP contribution is 2.12. The van der Waals surface area contributed by atoms with Crippen LogP contribution < -0.4 is 4.57 Å². The Morgan fingerprint density at radius 2 is 2.27 bits per heavy atom. The van der Waals surface area contributed by atoms with Crippen molar-refractivity contribution in [3.05, 3.63) is 36.8 Å². The molecule has 2 heterocycles. The van der Waals surface area contributed by atoms with Gasteiger partial charge in [-0.25, -0.2) is 14.1 Å². The zero-order valence-electron chi connectivity index (χ0n) is 9.22. The summed E-state index contributed by atoms with van der Waals surface area (Å²) < 4.78 is 4.35. The van der Waals surface area contributed by atoms with Gasteiger partial charge in [0.05, 0.1) is 13.6 Å². The Hall–Kier alpha value is -1.64. The molecule has 0 saturated carbocycles. The number of pyridine rings is 1. The van der Waals surface area contributed by atoms with Gasteiger partial charge in [-0.15, -0.1) is 0 Å². The predicted molar refractivity (Wildman–Crippen MR) is 59.1 cm³/mol. The maximum atomic E-state index is 4.38. The molecule has 0 radical (unpaired) electrons. The van der Waals surface area contributed by atoms with Crippen molar-refractivity contribution < 1.29 is 4.57 Å². The van der Waals surface area contributed by atoms with Crippen LogP contribution in [0.3, 0.4) is 0 Å². The first-order chi connectivity index (χ1) is 7.33. The van der Waals surface area contributed by atoms with Crippen molar-refractivity contribution in [1.29, 1.82) is 0 Å². The molecule has 0 aliphatic carbocycles. The van der Waals surface area contributed by atoms with Gasteiger partial charge in [-0.05, 0) is 18.6 Å². The molecule has 0 bridgehead atoms. The van der Waals surface area contributed by atoms with Gasteiger partial charge in [0.1, 0.15) is 12.4 Å². The van der Waals surface area contributed by atoms with E-state index in [-0.39, 0.29) is 0 Å². The molecule has 0 fully saturated rings. The van der Waals surface area contributed by atoms with Crippen molar-refractivity contribution in [1.82, 2.24) is 9.55 Å². The fourth-order valence-electron chi connectivity index (χ4n) is 1.77. The number of hydrogen-bond donors (Lipinski definition) is 0. The van der Waals surface area contributed by atoms with Gasteiger partial charge in [0.2, 0.25) is 0 Å². The number of imidazole rings is 1. The number of aryl methyl sites for hydroxylation is 2. The summed E-state index contributed by atoms with van der Waals surface area (Å²) in [5, 5.41) is 0. The van der Waals surface area contributed by atoms with Crippen LogP contribution >= 0.6 is 0 Å². The molecular weight excluding hydrogens is 186 g/mol. The molecule has 3 nitrogen and oxygen atoms in total. The number of hydrogen-bond acceptors (Lipinski definition) is 1. The monoisotopic (exact) mass is 202 g/mol. The summed E-state index contributed by atoms with van der Waals surface area (Å²) in [5.41, 5.74) is 1.03. The van der Waals surface area contributed by atoms with Gasteiger partial charge in [-0.2, -0.15) is 0 Å². The van der Waals surface area contributed by atoms with Gasteiger partial charge >= 0.3 is 5.82 Å². The predicted octanol–water partition coefficient (Wildman–Crippen LogP) is 1.78. The van der Waals surface area contributed by atoms with E-state index in [0.29, 0.717) is 0 Å². The summed E-state index contributed by atoms with van der Waals surface area (Å²) in [5.74, 6) is 1.16. The summed E-state index contributed by atoms with van der Waals surface area (Å²) in [6.07, 6.45) is 7.14. The first kappa shape index (κ1) is 9.90. The molecule has 78 valence electrons. The van der Waals surface area contributed by atoms with E-state index in [4.69, 9.17) is 0 Å². The van der Waals surface area contributed by atoms with E-state index < -0.39 is 0 Å². The molecule has 2 rings (SSSR count). The van der Waals surface area contributed by atoms with E-state index in [9.17, 15) is 0 Å². The lowest BCUT2D eigenvalue weighted by molar-refractivity contribution is -0.659. The van der Waals surface area contributed by atoms with Crippen LogP contribution in [0.4, 0.5) is 0 Å². The van der Waals surface area contributed by atoms with Crippen LogP contribution in [-0.2, 0) is 13.6 Å². The number of aromatic nitrogens is 3. The molecule has 0 aliphatic heterocycles. The molecule has 0 aromatic carbocycles. The first-order valence-corrected chi connectivity index (χ1v) is 5.29. The molecule has 2 aromatic heterocycles. The van der Waals surface area contributed by atoms with E-state index >= 15 is 0 Å². The second-order valence-corrected chi connectivity index (χ2v) is 3.64. The highest BCUT2D eigenvalue weighted by atomic mass is 15.1. The molecule has 15 heavy (non-hydrogen) atoms. The smallest absolute Gasteiger partial charge is 0.248 e. The maximum Gasteiger partial charge on any atom is 0.307 e. The Kier molecular flexibility index (Phi) is 2.81. The fourth-order valence-corrected chi connectivity index (χ4v) is 1.77. The molecule has 0 unspecified atom stereocenters. The van der Waals surface area contributed by atoms with E-state index in [1.165, 1.54) is 0 Å². The molecule has 0 amide bonds. The molecular formula is C12H16N3+. The van der Waals surface area contributed by atoms with Crippen molar-refractivity contribution in [3.63, 3.8) is 0 Å². The first-order valence-electron chi connectivity index (χ1n) is 5.29. The minimum atomic E-state index is 1.03. The summed E-state index contributed by atoms with van der Waals surface area (Å²) >= 11 is 0. The molecule has 3 heteroatoms. The Balaban J connectivity index is 2.47. The van der Waals surface area contributed by atoms with Crippen LogP contribution in [0, 0.1) is 0 Å². The third-order valence-electron chi connectivity index (χ3n) is 2.43. The SMILES string of the molecule is CCCn1cc[n+](C)c1-c1ccccn1. The second-order valence-electron chi connectivity index (χ2n) is 3.64. The topological polar surface area (TPSA) is 21.7 Å². The highest BCUT2D eigenvalue weighted by Gasteiger charge is 2.16. The van der Waals surface area contributed by atoms with Gasteiger partial charge in [-0.3, -0.25) is 0 Å². The number of rotatable bonds is 3. The minimum absolute atomic E-state index is 1.03. The summed E-state index contributed by atoms with van der Waals surface area (Å²) in [6, 6.07) is 6.00. The quantitative estimate of drug-likeness (QED) is 0.695. The van der Waals surface area contributed by atoms with Crippen molar-refractivity contribution in [2.75, 3.05) is 0 Å². The van der Waals surface area contributed by atoms with E-state index in [0.717, 1.165) is 24.5 Å². The largest absolute Gasteiger partial charge is 0.307 e. The third kappa shape index (κ3) is 1.91. The summed E-state index contributed by atoms with van der Waals surface area (Å²) in [4.78, 5) is 4.38. The normalized spacial score (nSPS) is 10.5. The number of nitrogens with zero attached hydrogens (tertiary/aromatic N) is 3. The van der Waals surface area contributed by atoms with Crippen LogP contribution in [0.5, 0.6) is 0 Å². The van der Waals surface area contributed by atoms with Gasteiger partial charge in [0, 0.05) is 6.20 Å². The van der Waals surface area contributed by atoms with Crippen molar-refractivity contribution in [3.8, 4) is 11.5 Å². The minimum Gasteiger partial charge on any atom is -0.248 e. The molecule has 2 aromatic rings. The molecule has 0 N–H and O–H groups in total. The Labute approximate surface area is 90.0 Å². The van der Waals surface area contributed by atoms with Crippen molar-refractivity contribution >= 4 is 0 Å². The van der Waals surface area contributed by atoms with Gasteiger partial charge in [-0.1, -0.05) is 13.0 Å². The average Bonchev–Trinajstić information content (AvgIpc) is 2.62. The average molecular weight is 202 g/mol. The zero-order chi connectivity index (χ0) is 10.7. The molecule has 0 spiro atoms. The Bertz CT molecular complexity index is 431. The fraction of sp³-hybridized carbons (Fsp3) is 0.333. The van der Waals surface area contributed by atoms with Crippen LogP contribution in [-0.4, -0.2) is 9.55 Å². The summed E-state index contributed by atoms with van der Waals surface area (Å²) in [6.45, 7) is 3.22. The second kappa shape index (κ2) is 4.26. The standard InChI is InChI=1S/C12H16N3/c1-3-8-15-10-9-14(2)12(15)11-6-4-5-7-13-11/h4-7,9-10H,3,8H2,1-2H3/q+1. The van der Waals surface area contributed by atoms with Gasteiger partial charge in [0.25, 0.3) is 0 Å². The lowest BCUT2D eigenvalue weighted by atomic mass is 10.3. The zero-order valence-corrected chi connectivity index (χ0v) is 9.22. The Morgan fingerprint density at radius 3 is 2.93 bits per heavy atom. The van der Waals surface area contributed by atoms with Crippen LogP contribution in [0.25, 0.3) is 11.5 Å². The lowest BCUT2D eigenvalue weighted by Crippen LogP contribution is -2.29.